The van der Waals surface area contributed by atoms with Gasteiger partial charge in [0.05, 0.1) is 13.2 Å². The largest absolute Gasteiger partial charge is 0.457 e. The lowest BCUT2D eigenvalue weighted by Crippen LogP contribution is -2.30. The van der Waals surface area contributed by atoms with Crippen LogP contribution in [0.5, 0.6) is 0 Å². The van der Waals surface area contributed by atoms with Gasteiger partial charge in [0.2, 0.25) is 0 Å². The standard InChI is InChI=1S/C47H87NO6/c1-5-7-9-11-13-15-17-19-21-23-25-27-29-31-33-35-40-50-44-52-42-46(54-47(49)38-37-39-48(3)4)43-53-45-51-41-36-34-32-30-28-26-24-22-20-18-16-14-12-10-8-6-2/h13-16,19-22,46H,5-12,17-18,23-45H2,1-4H3. The van der Waals surface area contributed by atoms with E-state index in [4.69, 9.17) is 23.7 Å². The van der Waals surface area contributed by atoms with E-state index in [0.717, 1.165) is 38.6 Å². The first kappa shape index (κ1) is 52.2. The maximum absolute atomic E-state index is 12.4. The smallest absolute Gasteiger partial charge is 0.306 e. The van der Waals surface area contributed by atoms with Crippen molar-refractivity contribution in [3.8, 4) is 0 Å². The van der Waals surface area contributed by atoms with Gasteiger partial charge in [0.15, 0.2) is 0 Å². The Morgan fingerprint density at radius 2 is 0.870 bits per heavy atom. The Morgan fingerprint density at radius 3 is 1.28 bits per heavy atom. The number of unbranched alkanes of at least 4 members (excludes halogenated alkanes) is 18. The number of carbonyl (C=O) groups excluding carboxylic acids is 1. The lowest BCUT2D eigenvalue weighted by Gasteiger charge is -2.19. The van der Waals surface area contributed by atoms with Crippen LogP contribution in [0.1, 0.15) is 181 Å². The van der Waals surface area contributed by atoms with E-state index >= 15 is 0 Å². The van der Waals surface area contributed by atoms with E-state index in [0.29, 0.717) is 19.6 Å². The highest BCUT2D eigenvalue weighted by molar-refractivity contribution is 5.69. The molecule has 0 aliphatic carbocycles. The molecular formula is C47H87NO6. The van der Waals surface area contributed by atoms with Crippen LogP contribution in [-0.4, -0.2) is 77.6 Å². The molecule has 0 N–H and O–H groups in total. The monoisotopic (exact) mass is 762 g/mol. The first-order valence-corrected chi connectivity index (χ1v) is 22.3. The van der Waals surface area contributed by atoms with Crippen LogP contribution in [0.2, 0.25) is 0 Å². The average molecular weight is 762 g/mol. The summed E-state index contributed by atoms with van der Waals surface area (Å²) in [5.41, 5.74) is 0. The zero-order valence-electron chi connectivity index (χ0n) is 35.9. The zero-order chi connectivity index (χ0) is 39.3. The van der Waals surface area contributed by atoms with Gasteiger partial charge in [0.1, 0.15) is 19.7 Å². The molecule has 0 fully saturated rings. The van der Waals surface area contributed by atoms with Crippen molar-refractivity contribution in [3.63, 3.8) is 0 Å². The molecular weight excluding hydrogens is 675 g/mol. The number of ether oxygens (including phenoxy) is 5. The van der Waals surface area contributed by atoms with E-state index in [-0.39, 0.29) is 32.8 Å². The van der Waals surface area contributed by atoms with Crippen molar-refractivity contribution in [1.82, 2.24) is 4.90 Å². The topological polar surface area (TPSA) is 66.5 Å². The molecule has 0 aliphatic rings. The second-order valence-electron chi connectivity index (χ2n) is 15.0. The number of nitrogens with zero attached hydrogens (tertiary/aromatic N) is 1. The highest BCUT2D eigenvalue weighted by Gasteiger charge is 2.15. The minimum atomic E-state index is -0.479. The molecule has 0 spiro atoms. The minimum Gasteiger partial charge on any atom is -0.457 e. The molecule has 7 heteroatoms. The normalized spacial score (nSPS) is 12.8. The van der Waals surface area contributed by atoms with Crippen LogP contribution in [0.4, 0.5) is 0 Å². The molecule has 0 unspecified atom stereocenters. The fraction of sp³-hybridized carbons (Fsp3) is 0.809. The molecule has 0 atom stereocenters. The molecule has 0 aromatic rings. The Hall–Kier alpha value is -1.77. The fourth-order valence-corrected chi connectivity index (χ4v) is 5.88. The third-order valence-electron chi connectivity index (χ3n) is 9.20. The maximum Gasteiger partial charge on any atom is 0.306 e. The summed E-state index contributed by atoms with van der Waals surface area (Å²) in [6, 6.07) is 0. The van der Waals surface area contributed by atoms with Crippen LogP contribution >= 0.6 is 0 Å². The first-order valence-electron chi connectivity index (χ1n) is 22.3. The van der Waals surface area contributed by atoms with Gasteiger partial charge >= 0.3 is 5.97 Å². The van der Waals surface area contributed by atoms with Crippen LogP contribution in [0, 0.1) is 0 Å². The second kappa shape index (κ2) is 45.6. The Morgan fingerprint density at radius 1 is 0.481 bits per heavy atom. The van der Waals surface area contributed by atoms with Gasteiger partial charge in [-0.1, -0.05) is 140 Å². The molecule has 0 aromatic carbocycles. The van der Waals surface area contributed by atoms with Gasteiger partial charge in [0.25, 0.3) is 0 Å². The van der Waals surface area contributed by atoms with E-state index in [1.165, 1.54) is 128 Å². The Balaban J connectivity index is 3.89. The number of hydrogen-bond donors (Lipinski definition) is 0. The van der Waals surface area contributed by atoms with Gasteiger partial charge in [0, 0.05) is 19.6 Å². The summed E-state index contributed by atoms with van der Waals surface area (Å²) in [5.74, 6) is -0.224. The van der Waals surface area contributed by atoms with E-state index in [1.54, 1.807) is 0 Å². The summed E-state index contributed by atoms with van der Waals surface area (Å²) < 4.78 is 28.5. The molecule has 0 amide bonds. The van der Waals surface area contributed by atoms with Gasteiger partial charge in [-0.15, -0.1) is 0 Å². The SMILES string of the molecule is CCCCCC=CCC=CCCCCCCCCOCOCC(COCOCCCCCCCCC=CCC=CCCCCC)OC(=O)CCCN(C)C. The number of carbonyl (C=O) groups is 1. The molecule has 0 saturated carbocycles. The molecule has 0 radical (unpaired) electrons. The lowest BCUT2D eigenvalue weighted by atomic mass is 10.1. The van der Waals surface area contributed by atoms with Crippen molar-refractivity contribution < 1.29 is 28.5 Å². The van der Waals surface area contributed by atoms with Crippen LogP contribution in [0.3, 0.4) is 0 Å². The van der Waals surface area contributed by atoms with E-state index in [9.17, 15) is 4.79 Å². The van der Waals surface area contributed by atoms with Gasteiger partial charge in [-0.05, 0) is 104 Å². The van der Waals surface area contributed by atoms with Crippen LogP contribution in [0.15, 0.2) is 48.6 Å². The molecule has 0 heterocycles. The Kier molecular flexibility index (Phi) is 44.1. The highest BCUT2D eigenvalue weighted by atomic mass is 16.7. The maximum atomic E-state index is 12.4. The van der Waals surface area contributed by atoms with Crippen molar-refractivity contribution in [2.24, 2.45) is 0 Å². The summed E-state index contributed by atoms with van der Waals surface area (Å²) in [6.45, 7) is 7.59. The highest BCUT2D eigenvalue weighted by Crippen LogP contribution is 2.10. The quantitative estimate of drug-likeness (QED) is 0.0265. The van der Waals surface area contributed by atoms with Crippen LogP contribution in [0.25, 0.3) is 0 Å². The molecule has 0 saturated heterocycles. The molecule has 0 aromatic heterocycles. The first-order chi connectivity index (χ1) is 26.6. The molecule has 0 bridgehead atoms. The van der Waals surface area contributed by atoms with Gasteiger partial charge < -0.3 is 28.6 Å². The van der Waals surface area contributed by atoms with Crippen molar-refractivity contribution >= 4 is 5.97 Å². The lowest BCUT2D eigenvalue weighted by molar-refractivity contribution is -0.165. The number of allylic oxidation sites excluding steroid dienone is 8. The molecule has 7 nitrogen and oxygen atoms in total. The minimum absolute atomic E-state index is 0.193. The van der Waals surface area contributed by atoms with Gasteiger partial charge in [-0.3, -0.25) is 4.79 Å². The Bertz CT molecular complexity index is 814. The average Bonchev–Trinajstić information content (AvgIpc) is 3.16. The summed E-state index contributed by atoms with van der Waals surface area (Å²) >= 11 is 0. The third kappa shape index (κ3) is 44.6. The zero-order valence-corrected chi connectivity index (χ0v) is 35.9. The molecule has 54 heavy (non-hydrogen) atoms. The van der Waals surface area contributed by atoms with Gasteiger partial charge in [-0.2, -0.15) is 0 Å². The van der Waals surface area contributed by atoms with E-state index in [1.807, 2.05) is 14.1 Å². The fourth-order valence-electron chi connectivity index (χ4n) is 5.88. The van der Waals surface area contributed by atoms with Gasteiger partial charge in [-0.25, -0.2) is 0 Å². The van der Waals surface area contributed by atoms with Crippen LogP contribution < -0.4 is 0 Å². The molecule has 0 aliphatic heterocycles. The summed E-state index contributed by atoms with van der Waals surface area (Å²) in [4.78, 5) is 14.5. The number of esters is 1. The summed E-state index contributed by atoms with van der Waals surface area (Å²) in [5, 5.41) is 0. The van der Waals surface area contributed by atoms with Crippen molar-refractivity contribution in [3.05, 3.63) is 48.6 Å². The van der Waals surface area contributed by atoms with Crippen LogP contribution in [-0.2, 0) is 28.5 Å². The van der Waals surface area contributed by atoms with Crippen molar-refractivity contribution in [2.45, 2.75) is 187 Å². The Labute approximate surface area is 334 Å². The predicted molar refractivity (Wildman–Crippen MR) is 230 cm³/mol. The number of rotatable bonds is 43. The third-order valence-corrected chi connectivity index (χ3v) is 9.20. The number of hydrogen-bond acceptors (Lipinski definition) is 7. The van der Waals surface area contributed by atoms with Crippen molar-refractivity contribution in [2.75, 3.05) is 60.7 Å². The second-order valence-corrected chi connectivity index (χ2v) is 15.0. The summed E-state index contributed by atoms with van der Waals surface area (Å²) in [6.07, 6.45) is 48.6. The molecule has 0 rings (SSSR count). The van der Waals surface area contributed by atoms with E-state index < -0.39 is 6.10 Å². The summed E-state index contributed by atoms with van der Waals surface area (Å²) in [7, 11) is 4.00. The van der Waals surface area contributed by atoms with Crippen molar-refractivity contribution in [1.29, 1.82) is 0 Å². The molecule has 316 valence electrons. The predicted octanol–water partition coefficient (Wildman–Crippen LogP) is 12.8. The van der Waals surface area contributed by atoms with E-state index in [2.05, 4.69) is 67.4 Å².